The first-order valence-electron chi connectivity index (χ1n) is 8.74. The van der Waals surface area contributed by atoms with Gasteiger partial charge in [-0.05, 0) is 48.0 Å². The number of aliphatic hydroxyl groups is 1. The molecule has 0 bridgehead atoms. The van der Waals surface area contributed by atoms with Crippen molar-refractivity contribution in [3.8, 4) is 5.75 Å². The highest BCUT2D eigenvalue weighted by molar-refractivity contribution is 6.09. The van der Waals surface area contributed by atoms with Gasteiger partial charge in [-0.3, -0.25) is 0 Å². The number of hydrogen-bond acceptors (Lipinski definition) is 3. The van der Waals surface area contributed by atoms with Gasteiger partial charge in [-0.2, -0.15) is 0 Å². The molecule has 1 heterocycles. The molecule has 0 amide bonds. The van der Waals surface area contributed by atoms with E-state index >= 15 is 0 Å². The number of aliphatic hydroxyl groups excluding tert-OH is 1. The lowest BCUT2D eigenvalue weighted by Gasteiger charge is -2.12. The summed E-state index contributed by atoms with van der Waals surface area (Å²) in [5, 5.41) is 21.3. The molecule has 4 aromatic rings. The maximum Gasteiger partial charge on any atom is 0.335 e. The van der Waals surface area contributed by atoms with Gasteiger partial charge in [-0.1, -0.05) is 24.3 Å². The maximum atomic E-state index is 11.2. The number of ether oxygens (including phenoxy) is 1. The van der Waals surface area contributed by atoms with E-state index in [-0.39, 0.29) is 12.2 Å². The fourth-order valence-corrected chi connectivity index (χ4v) is 3.24. The fraction of sp³-hybridized carbons (Fsp3) is 0.136. The van der Waals surface area contributed by atoms with Crippen LogP contribution in [0.25, 0.3) is 21.8 Å². The van der Waals surface area contributed by atoms with Gasteiger partial charge >= 0.3 is 5.97 Å². The third-order valence-corrected chi connectivity index (χ3v) is 4.57. The predicted octanol–water partition coefficient (Wildman–Crippen LogP) is 4.00. The minimum absolute atomic E-state index is 0.207. The van der Waals surface area contributed by atoms with Gasteiger partial charge in [0.2, 0.25) is 0 Å². The molecular formula is C22H19NO4. The van der Waals surface area contributed by atoms with Crippen molar-refractivity contribution in [3.05, 3.63) is 77.9 Å². The van der Waals surface area contributed by atoms with Crippen LogP contribution < -0.4 is 4.74 Å². The lowest BCUT2D eigenvalue weighted by atomic mass is 10.0. The van der Waals surface area contributed by atoms with Crippen molar-refractivity contribution < 1.29 is 19.7 Å². The van der Waals surface area contributed by atoms with E-state index < -0.39 is 12.1 Å². The second kappa shape index (κ2) is 7.13. The Labute approximate surface area is 155 Å². The summed E-state index contributed by atoms with van der Waals surface area (Å²) in [7, 11) is 0. The summed E-state index contributed by atoms with van der Waals surface area (Å²) >= 11 is 0. The van der Waals surface area contributed by atoms with Crippen molar-refractivity contribution in [2.24, 2.45) is 0 Å². The number of carboxylic acid groups (broad SMARTS) is 1. The SMILES string of the molecule is O=C(O)c1ccc2[nH]c3ccc(CC(O)COc4ccccc4)cc3c2c1. The average Bonchev–Trinajstić information content (AvgIpc) is 3.04. The van der Waals surface area contributed by atoms with Crippen LogP contribution in [0.2, 0.25) is 0 Å². The number of aromatic carboxylic acids is 1. The van der Waals surface area contributed by atoms with Crippen molar-refractivity contribution in [3.63, 3.8) is 0 Å². The Balaban J connectivity index is 1.56. The number of nitrogens with one attached hydrogen (secondary N) is 1. The molecular weight excluding hydrogens is 342 g/mol. The second-order valence-electron chi connectivity index (χ2n) is 6.55. The number of para-hydroxylation sites is 1. The zero-order valence-electron chi connectivity index (χ0n) is 14.6. The summed E-state index contributed by atoms with van der Waals surface area (Å²) < 4.78 is 5.60. The van der Waals surface area contributed by atoms with Gasteiger partial charge in [0.15, 0.2) is 0 Å². The third-order valence-electron chi connectivity index (χ3n) is 4.57. The minimum Gasteiger partial charge on any atom is -0.491 e. The summed E-state index contributed by atoms with van der Waals surface area (Å²) in [6.45, 7) is 0.207. The summed E-state index contributed by atoms with van der Waals surface area (Å²) in [6, 6.07) is 20.3. The zero-order chi connectivity index (χ0) is 18.8. The van der Waals surface area contributed by atoms with Gasteiger partial charge in [0, 0.05) is 28.2 Å². The van der Waals surface area contributed by atoms with Crippen molar-refractivity contribution >= 4 is 27.8 Å². The Kier molecular flexibility index (Phi) is 4.52. The number of hydrogen-bond donors (Lipinski definition) is 3. The Morgan fingerprint density at radius 2 is 1.67 bits per heavy atom. The van der Waals surface area contributed by atoms with Gasteiger partial charge in [-0.15, -0.1) is 0 Å². The van der Waals surface area contributed by atoms with E-state index in [0.29, 0.717) is 6.42 Å². The molecule has 0 saturated heterocycles. The standard InChI is InChI=1S/C22H19NO4/c24-16(13-27-17-4-2-1-3-5-17)10-14-6-8-20-18(11-14)19-12-15(22(25)26)7-9-21(19)23-20/h1-9,11-12,16,23-24H,10,13H2,(H,25,26). The fourth-order valence-electron chi connectivity index (χ4n) is 3.24. The molecule has 5 nitrogen and oxygen atoms in total. The van der Waals surface area contributed by atoms with E-state index in [1.165, 1.54) is 0 Å². The van der Waals surface area contributed by atoms with Crippen molar-refractivity contribution in [2.75, 3.05) is 6.61 Å². The van der Waals surface area contributed by atoms with Crippen LogP contribution in [0.15, 0.2) is 66.7 Å². The molecule has 27 heavy (non-hydrogen) atoms. The van der Waals surface area contributed by atoms with E-state index in [2.05, 4.69) is 4.98 Å². The molecule has 0 aliphatic rings. The van der Waals surface area contributed by atoms with E-state index in [1.807, 2.05) is 48.5 Å². The van der Waals surface area contributed by atoms with Crippen molar-refractivity contribution in [1.82, 2.24) is 4.98 Å². The lowest BCUT2D eigenvalue weighted by molar-refractivity contribution is 0.0697. The number of aromatic nitrogens is 1. The number of aromatic amines is 1. The average molecular weight is 361 g/mol. The normalized spacial score (nSPS) is 12.3. The highest BCUT2D eigenvalue weighted by atomic mass is 16.5. The molecule has 1 unspecified atom stereocenters. The summed E-state index contributed by atoms with van der Waals surface area (Å²) in [6.07, 6.45) is -0.184. The number of H-pyrrole nitrogens is 1. The van der Waals surface area contributed by atoms with Crippen LogP contribution >= 0.6 is 0 Å². The molecule has 0 saturated carbocycles. The molecule has 1 atom stereocenters. The van der Waals surface area contributed by atoms with Gasteiger partial charge in [0.05, 0.1) is 11.7 Å². The van der Waals surface area contributed by atoms with E-state index in [4.69, 9.17) is 4.74 Å². The van der Waals surface area contributed by atoms with Gasteiger partial charge in [-0.25, -0.2) is 4.79 Å². The molecule has 3 N–H and O–H groups in total. The second-order valence-corrected chi connectivity index (χ2v) is 6.55. The Morgan fingerprint density at radius 1 is 0.963 bits per heavy atom. The molecule has 5 heteroatoms. The maximum absolute atomic E-state index is 11.2. The number of carboxylic acids is 1. The van der Waals surface area contributed by atoms with Crippen molar-refractivity contribution in [2.45, 2.75) is 12.5 Å². The summed E-state index contributed by atoms with van der Waals surface area (Å²) in [4.78, 5) is 14.5. The zero-order valence-corrected chi connectivity index (χ0v) is 14.6. The quantitative estimate of drug-likeness (QED) is 0.485. The highest BCUT2D eigenvalue weighted by Crippen LogP contribution is 2.27. The van der Waals surface area contributed by atoms with Gasteiger partial charge in [0.25, 0.3) is 0 Å². The molecule has 4 rings (SSSR count). The largest absolute Gasteiger partial charge is 0.491 e. The number of fused-ring (bicyclic) bond motifs is 3. The molecule has 3 aromatic carbocycles. The smallest absolute Gasteiger partial charge is 0.335 e. The molecule has 0 aliphatic carbocycles. The molecule has 136 valence electrons. The van der Waals surface area contributed by atoms with E-state index in [0.717, 1.165) is 33.1 Å². The first kappa shape index (κ1) is 17.1. The lowest BCUT2D eigenvalue weighted by Crippen LogP contribution is -2.20. The predicted molar refractivity (Wildman–Crippen MR) is 104 cm³/mol. The Bertz CT molecular complexity index is 1100. The molecule has 1 aromatic heterocycles. The van der Waals surface area contributed by atoms with Crippen LogP contribution in [-0.4, -0.2) is 33.9 Å². The third kappa shape index (κ3) is 3.64. The topological polar surface area (TPSA) is 82.5 Å². The van der Waals surface area contributed by atoms with Crippen LogP contribution in [0.3, 0.4) is 0 Å². The van der Waals surface area contributed by atoms with Crippen LogP contribution in [0.5, 0.6) is 5.75 Å². The first-order valence-corrected chi connectivity index (χ1v) is 8.74. The molecule has 0 fully saturated rings. The highest BCUT2D eigenvalue weighted by Gasteiger charge is 2.11. The van der Waals surface area contributed by atoms with Gasteiger partial charge < -0.3 is 19.9 Å². The van der Waals surface area contributed by atoms with Gasteiger partial charge in [0.1, 0.15) is 12.4 Å². The Morgan fingerprint density at radius 3 is 2.41 bits per heavy atom. The van der Waals surface area contributed by atoms with Crippen LogP contribution in [0.1, 0.15) is 15.9 Å². The van der Waals surface area contributed by atoms with Crippen molar-refractivity contribution in [1.29, 1.82) is 0 Å². The summed E-state index contributed by atoms with van der Waals surface area (Å²) in [5.74, 6) is -0.222. The minimum atomic E-state index is -0.948. The molecule has 0 aliphatic heterocycles. The van der Waals surface area contributed by atoms with E-state index in [9.17, 15) is 15.0 Å². The number of carbonyl (C=O) groups is 1. The molecule has 0 radical (unpaired) electrons. The Hall–Kier alpha value is -3.31. The molecule has 0 spiro atoms. The monoisotopic (exact) mass is 361 g/mol. The first-order chi connectivity index (χ1) is 13.1. The van der Waals surface area contributed by atoms with Crippen LogP contribution in [0.4, 0.5) is 0 Å². The van der Waals surface area contributed by atoms with E-state index in [1.54, 1.807) is 18.2 Å². The summed E-state index contributed by atoms with van der Waals surface area (Å²) in [5.41, 5.74) is 3.05. The number of rotatable bonds is 6. The van der Waals surface area contributed by atoms with Crippen LogP contribution in [0, 0.1) is 0 Å². The number of benzene rings is 3. The van der Waals surface area contributed by atoms with Crippen LogP contribution in [-0.2, 0) is 6.42 Å².